The smallest absolute Gasteiger partial charge is 0.222 e. The molecule has 0 N–H and O–H groups in total. The number of hydrogen-bond donors (Lipinski definition) is 0. The van der Waals surface area contributed by atoms with Gasteiger partial charge in [0.05, 0.1) is 6.20 Å². The van der Waals surface area contributed by atoms with E-state index in [-0.39, 0.29) is 0 Å². The summed E-state index contributed by atoms with van der Waals surface area (Å²) in [6, 6.07) is 0. The van der Waals surface area contributed by atoms with E-state index in [9.17, 15) is 4.79 Å². The lowest BCUT2D eigenvalue weighted by molar-refractivity contribution is -0.133. The predicted molar refractivity (Wildman–Crippen MR) is 81.0 cm³/mol. The van der Waals surface area contributed by atoms with Crippen LogP contribution in [-0.2, 0) is 4.79 Å². The molecule has 6 heteroatoms. The Balaban J connectivity index is 1.47. The topological polar surface area (TPSA) is 52.6 Å². The molecule has 2 saturated heterocycles. The van der Waals surface area contributed by atoms with E-state index in [2.05, 4.69) is 19.8 Å². The zero-order valence-electron chi connectivity index (χ0n) is 12.6. The lowest BCUT2D eigenvalue weighted by atomic mass is 9.97. The number of aromatic nitrogens is 2. The number of carbonyl (C=O) groups is 1. The normalized spacial score (nSPS) is 24.4. The van der Waals surface area contributed by atoms with Crippen LogP contribution in [0.3, 0.4) is 0 Å². The Hall–Kier alpha value is -1.69. The van der Waals surface area contributed by atoms with Crippen LogP contribution >= 0.6 is 0 Å². The van der Waals surface area contributed by atoms with Crippen LogP contribution in [0.25, 0.3) is 0 Å². The average Bonchev–Trinajstić information content (AvgIpc) is 2.53. The highest BCUT2D eigenvalue weighted by molar-refractivity contribution is 5.76. The van der Waals surface area contributed by atoms with Gasteiger partial charge in [0.1, 0.15) is 5.82 Å². The number of piperazine rings is 1. The van der Waals surface area contributed by atoms with Gasteiger partial charge < -0.3 is 9.80 Å². The van der Waals surface area contributed by atoms with Crippen LogP contribution in [0, 0.1) is 5.92 Å². The Morgan fingerprint density at radius 1 is 1.24 bits per heavy atom. The molecule has 1 unspecified atom stereocenters. The summed E-state index contributed by atoms with van der Waals surface area (Å²) in [5, 5.41) is 0. The van der Waals surface area contributed by atoms with E-state index >= 15 is 0 Å². The third-order valence-electron chi connectivity index (χ3n) is 4.49. The van der Waals surface area contributed by atoms with Crippen LogP contribution in [-0.4, -0.2) is 72.0 Å². The fraction of sp³-hybridized carbons (Fsp3) is 0.667. The molecule has 2 aliphatic heterocycles. The number of carbonyl (C=O) groups excluding carboxylic acids is 1. The number of piperidine rings is 1. The number of nitrogens with zero attached hydrogens (tertiary/aromatic N) is 5. The Bertz CT molecular complexity index is 472. The molecule has 3 heterocycles. The lowest BCUT2D eigenvalue weighted by Crippen LogP contribution is -2.50. The van der Waals surface area contributed by atoms with Gasteiger partial charge in [-0.15, -0.1) is 0 Å². The van der Waals surface area contributed by atoms with Crippen molar-refractivity contribution in [3.05, 3.63) is 18.6 Å². The van der Waals surface area contributed by atoms with Crippen molar-refractivity contribution in [3.63, 3.8) is 0 Å². The Labute approximate surface area is 125 Å². The molecule has 0 aliphatic carbocycles. The van der Waals surface area contributed by atoms with Crippen molar-refractivity contribution in [2.45, 2.75) is 12.8 Å². The highest BCUT2D eigenvalue weighted by atomic mass is 16.2. The first-order chi connectivity index (χ1) is 10.2. The molecule has 114 valence electrons. The highest BCUT2D eigenvalue weighted by Gasteiger charge is 2.26. The predicted octanol–water partition coefficient (Wildman–Crippen LogP) is 0.467. The van der Waals surface area contributed by atoms with Gasteiger partial charge in [-0.1, -0.05) is 0 Å². The summed E-state index contributed by atoms with van der Waals surface area (Å²) >= 11 is 0. The Kier molecular flexibility index (Phi) is 4.34. The fourth-order valence-corrected chi connectivity index (χ4v) is 3.23. The minimum absolute atomic E-state index is 0.290. The van der Waals surface area contributed by atoms with Crippen LogP contribution in [0.1, 0.15) is 12.8 Å². The van der Waals surface area contributed by atoms with E-state index in [1.54, 1.807) is 12.4 Å². The van der Waals surface area contributed by atoms with Gasteiger partial charge in [-0.25, -0.2) is 4.98 Å². The van der Waals surface area contributed by atoms with Crippen molar-refractivity contribution in [1.82, 2.24) is 19.8 Å². The molecule has 2 aliphatic rings. The molecule has 6 nitrogen and oxygen atoms in total. The van der Waals surface area contributed by atoms with Crippen molar-refractivity contribution in [3.8, 4) is 0 Å². The second-order valence-electron chi connectivity index (χ2n) is 6.03. The monoisotopic (exact) mass is 289 g/mol. The molecule has 21 heavy (non-hydrogen) atoms. The van der Waals surface area contributed by atoms with E-state index in [0.29, 0.717) is 18.2 Å². The maximum absolute atomic E-state index is 11.5. The molecule has 0 aromatic carbocycles. The molecular formula is C15H23N5O. The minimum atomic E-state index is 0.290. The zero-order chi connectivity index (χ0) is 14.7. The third kappa shape index (κ3) is 3.50. The summed E-state index contributed by atoms with van der Waals surface area (Å²) in [7, 11) is 1.92. The standard InChI is InChI=1S/C15H23N5O/c1-18-11-13(2-3-15(18)21)12-19-6-8-20(9-7-19)14-10-16-4-5-17-14/h4-5,10,13H,2-3,6-9,11-12H2,1H3. The van der Waals surface area contributed by atoms with E-state index in [0.717, 1.165) is 51.5 Å². The van der Waals surface area contributed by atoms with Crippen molar-refractivity contribution in [1.29, 1.82) is 0 Å². The van der Waals surface area contributed by atoms with E-state index < -0.39 is 0 Å². The number of hydrogen-bond acceptors (Lipinski definition) is 5. The minimum Gasteiger partial charge on any atom is -0.353 e. The zero-order valence-corrected chi connectivity index (χ0v) is 12.6. The largest absolute Gasteiger partial charge is 0.353 e. The second-order valence-corrected chi connectivity index (χ2v) is 6.03. The molecule has 1 aromatic rings. The van der Waals surface area contributed by atoms with E-state index in [1.165, 1.54) is 0 Å². The molecule has 1 atom stereocenters. The maximum atomic E-state index is 11.5. The molecule has 1 amide bonds. The van der Waals surface area contributed by atoms with Crippen LogP contribution in [0.2, 0.25) is 0 Å². The third-order valence-corrected chi connectivity index (χ3v) is 4.49. The molecule has 0 bridgehead atoms. The Morgan fingerprint density at radius 3 is 2.71 bits per heavy atom. The number of rotatable bonds is 3. The van der Waals surface area contributed by atoms with Gasteiger partial charge in [0.2, 0.25) is 5.91 Å². The summed E-state index contributed by atoms with van der Waals surface area (Å²) in [6.45, 7) is 6.13. The number of amides is 1. The summed E-state index contributed by atoms with van der Waals surface area (Å²) in [5.41, 5.74) is 0. The van der Waals surface area contributed by atoms with Crippen molar-refractivity contribution < 1.29 is 4.79 Å². The molecule has 0 spiro atoms. The quantitative estimate of drug-likeness (QED) is 0.809. The molecular weight excluding hydrogens is 266 g/mol. The first-order valence-corrected chi connectivity index (χ1v) is 7.69. The highest BCUT2D eigenvalue weighted by Crippen LogP contribution is 2.19. The van der Waals surface area contributed by atoms with Crippen molar-refractivity contribution in [2.75, 3.05) is 51.2 Å². The van der Waals surface area contributed by atoms with Crippen LogP contribution < -0.4 is 4.90 Å². The van der Waals surface area contributed by atoms with Gasteiger partial charge in [0.15, 0.2) is 0 Å². The molecule has 3 rings (SSSR count). The van der Waals surface area contributed by atoms with Crippen LogP contribution in [0.5, 0.6) is 0 Å². The summed E-state index contributed by atoms with van der Waals surface area (Å²) in [4.78, 5) is 26.7. The van der Waals surface area contributed by atoms with Crippen molar-refractivity contribution in [2.24, 2.45) is 5.92 Å². The van der Waals surface area contributed by atoms with Crippen LogP contribution in [0.4, 0.5) is 5.82 Å². The molecule has 2 fully saturated rings. The average molecular weight is 289 g/mol. The van der Waals surface area contributed by atoms with Crippen LogP contribution in [0.15, 0.2) is 18.6 Å². The van der Waals surface area contributed by atoms with Gasteiger partial charge in [0.25, 0.3) is 0 Å². The number of likely N-dealkylation sites (tertiary alicyclic amines) is 1. The SMILES string of the molecule is CN1CC(CN2CCN(c3cnccn3)CC2)CCC1=O. The molecule has 1 aromatic heterocycles. The Morgan fingerprint density at radius 2 is 2.05 bits per heavy atom. The molecule has 0 saturated carbocycles. The first-order valence-electron chi connectivity index (χ1n) is 7.69. The second kappa shape index (κ2) is 6.39. The van der Waals surface area contributed by atoms with Crippen molar-refractivity contribution >= 4 is 11.7 Å². The van der Waals surface area contributed by atoms with E-state index in [4.69, 9.17) is 0 Å². The first kappa shape index (κ1) is 14.3. The van der Waals surface area contributed by atoms with Gasteiger partial charge in [0, 0.05) is 65.1 Å². The number of anilines is 1. The molecule has 0 radical (unpaired) electrons. The summed E-state index contributed by atoms with van der Waals surface area (Å²) < 4.78 is 0. The summed E-state index contributed by atoms with van der Waals surface area (Å²) in [6.07, 6.45) is 7.03. The maximum Gasteiger partial charge on any atom is 0.222 e. The van der Waals surface area contributed by atoms with Gasteiger partial charge in [-0.05, 0) is 12.3 Å². The fourth-order valence-electron chi connectivity index (χ4n) is 3.23. The van der Waals surface area contributed by atoms with Gasteiger partial charge >= 0.3 is 0 Å². The summed E-state index contributed by atoms with van der Waals surface area (Å²) in [5.74, 6) is 1.88. The van der Waals surface area contributed by atoms with E-state index in [1.807, 2.05) is 18.1 Å². The van der Waals surface area contributed by atoms with Gasteiger partial charge in [-0.2, -0.15) is 0 Å². The lowest BCUT2D eigenvalue weighted by Gasteiger charge is -2.38. The van der Waals surface area contributed by atoms with Gasteiger partial charge in [-0.3, -0.25) is 14.7 Å².